The van der Waals surface area contributed by atoms with E-state index in [4.69, 9.17) is 0 Å². The molecule has 0 aliphatic carbocycles. The van der Waals surface area contributed by atoms with E-state index in [1.54, 1.807) is 4.68 Å². The molecule has 0 radical (unpaired) electrons. The molecular formula is C22H25N5O. The summed E-state index contributed by atoms with van der Waals surface area (Å²) in [7, 11) is 0. The third kappa shape index (κ3) is 3.26. The number of aromatic nitrogens is 3. The predicted octanol–water partition coefficient (Wildman–Crippen LogP) is 3.98. The van der Waals surface area contributed by atoms with Crippen molar-refractivity contribution in [2.75, 3.05) is 16.8 Å². The highest BCUT2D eigenvalue weighted by Gasteiger charge is 2.30. The van der Waals surface area contributed by atoms with Crippen molar-refractivity contribution in [2.45, 2.75) is 33.7 Å². The van der Waals surface area contributed by atoms with Crippen LogP contribution in [-0.4, -0.2) is 33.3 Å². The topological polar surface area (TPSA) is 63.1 Å². The van der Waals surface area contributed by atoms with Gasteiger partial charge in [0.1, 0.15) is 11.6 Å². The van der Waals surface area contributed by atoms with Crippen LogP contribution in [0.3, 0.4) is 0 Å². The van der Waals surface area contributed by atoms with Crippen molar-refractivity contribution in [3.05, 3.63) is 65.7 Å². The lowest BCUT2D eigenvalue weighted by molar-refractivity contribution is 0.0983. The number of hydrogen-bond donors (Lipinski definition) is 1. The van der Waals surface area contributed by atoms with Gasteiger partial charge < -0.3 is 10.2 Å². The highest BCUT2D eigenvalue weighted by molar-refractivity contribution is 6.08. The van der Waals surface area contributed by atoms with E-state index in [1.165, 1.54) is 0 Å². The van der Waals surface area contributed by atoms with Gasteiger partial charge in [-0.2, -0.15) is 5.10 Å². The summed E-state index contributed by atoms with van der Waals surface area (Å²) in [6.07, 6.45) is 0. The minimum absolute atomic E-state index is 0.0117. The lowest BCUT2D eigenvalue weighted by atomic mass is 9.99. The van der Waals surface area contributed by atoms with Crippen LogP contribution in [0.25, 0.3) is 5.69 Å². The Morgan fingerprint density at radius 3 is 2.46 bits per heavy atom. The molecule has 2 aromatic carbocycles. The van der Waals surface area contributed by atoms with Gasteiger partial charge >= 0.3 is 0 Å². The van der Waals surface area contributed by atoms with Gasteiger partial charge in [-0.1, -0.05) is 26.0 Å². The molecule has 3 aromatic rings. The Labute approximate surface area is 165 Å². The number of benzene rings is 2. The molecule has 28 heavy (non-hydrogen) atoms. The van der Waals surface area contributed by atoms with E-state index >= 15 is 0 Å². The average molecular weight is 375 g/mol. The number of nitrogens with one attached hydrogen (secondary N) is 1. The number of amides is 1. The number of fused-ring (bicyclic) bond motifs is 1. The first-order valence-electron chi connectivity index (χ1n) is 9.62. The van der Waals surface area contributed by atoms with Crippen molar-refractivity contribution < 1.29 is 4.79 Å². The van der Waals surface area contributed by atoms with Crippen molar-refractivity contribution >= 4 is 17.3 Å². The van der Waals surface area contributed by atoms with E-state index in [1.807, 2.05) is 67.3 Å². The van der Waals surface area contributed by atoms with Crippen LogP contribution in [0.4, 0.5) is 11.4 Å². The standard InChI is InChI=1S/C22H25N5O/c1-14(2)20-13-26(21-8-6-5-7-19(21)24-20)22(28)17-9-11-18(12-10-17)27-16(4)23-15(3)25-27/h5-12,14,20,24H,13H2,1-4H3. The molecule has 0 bridgehead atoms. The molecule has 1 atom stereocenters. The second-order valence-corrected chi connectivity index (χ2v) is 7.59. The summed E-state index contributed by atoms with van der Waals surface area (Å²) in [5.74, 6) is 1.99. The molecule has 1 unspecified atom stereocenters. The SMILES string of the molecule is Cc1nc(C)n(-c2ccc(C(=O)N3CC(C(C)C)Nc4ccccc43)cc2)n1. The van der Waals surface area contributed by atoms with Gasteiger partial charge in [0, 0.05) is 18.2 Å². The zero-order chi connectivity index (χ0) is 19.8. The first-order chi connectivity index (χ1) is 13.4. The molecule has 144 valence electrons. The van der Waals surface area contributed by atoms with Gasteiger partial charge in [-0.3, -0.25) is 4.79 Å². The average Bonchev–Trinajstić information content (AvgIpc) is 3.04. The third-order valence-corrected chi connectivity index (χ3v) is 5.20. The molecule has 1 aromatic heterocycles. The van der Waals surface area contributed by atoms with Crippen LogP contribution in [-0.2, 0) is 0 Å². The zero-order valence-corrected chi connectivity index (χ0v) is 16.7. The van der Waals surface area contributed by atoms with Gasteiger partial charge in [0.05, 0.1) is 17.1 Å². The summed E-state index contributed by atoms with van der Waals surface area (Å²) in [6, 6.07) is 15.8. The minimum Gasteiger partial charge on any atom is -0.379 e. The van der Waals surface area contributed by atoms with Gasteiger partial charge in [0.25, 0.3) is 5.91 Å². The Morgan fingerprint density at radius 2 is 1.82 bits per heavy atom. The second kappa shape index (κ2) is 7.11. The molecule has 6 nitrogen and oxygen atoms in total. The highest BCUT2D eigenvalue weighted by atomic mass is 16.2. The van der Waals surface area contributed by atoms with Gasteiger partial charge in [-0.05, 0) is 56.2 Å². The number of para-hydroxylation sites is 2. The van der Waals surface area contributed by atoms with Crippen molar-refractivity contribution in [1.82, 2.24) is 14.8 Å². The van der Waals surface area contributed by atoms with E-state index in [9.17, 15) is 4.79 Å². The number of anilines is 2. The maximum atomic E-state index is 13.3. The summed E-state index contributed by atoms with van der Waals surface area (Å²) >= 11 is 0. The van der Waals surface area contributed by atoms with Crippen molar-refractivity contribution in [3.63, 3.8) is 0 Å². The molecule has 0 saturated heterocycles. The maximum Gasteiger partial charge on any atom is 0.258 e. The van der Waals surface area contributed by atoms with Crippen LogP contribution in [0, 0.1) is 19.8 Å². The smallest absolute Gasteiger partial charge is 0.258 e. The number of rotatable bonds is 3. The number of hydrogen-bond acceptors (Lipinski definition) is 4. The Hall–Kier alpha value is -3.15. The monoisotopic (exact) mass is 375 g/mol. The van der Waals surface area contributed by atoms with Gasteiger partial charge in [-0.15, -0.1) is 0 Å². The van der Waals surface area contributed by atoms with E-state index in [-0.39, 0.29) is 11.9 Å². The molecular weight excluding hydrogens is 350 g/mol. The summed E-state index contributed by atoms with van der Waals surface area (Å²) in [5, 5.41) is 7.97. The predicted molar refractivity (Wildman–Crippen MR) is 111 cm³/mol. The van der Waals surface area contributed by atoms with Crippen LogP contribution in [0.1, 0.15) is 35.9 Å². The molecule has 1 N–H and O–H groups in total. The first-order valence-corrected chi connectivity index (χ1v) is 9.62. The lowest BCUT2D eigenvalue weighted by Gasteiger charge is -2.37. The molecule has 1 amide bonds. The molecule has 6 heteroatoms. The zero-order valence-electron chi connectivity index (χ0n) is 16.7. The van der Waals surface area contributed by atoms with E-state index in [0.29, 0.717) is 18.0 Å². The Balaban J connectivity index is 1.64. The molecule has 4 rings (SSSR count). The van der Waals surface area contributed by atoms with Crippen LogP contribution in [0.2, 0.25) is 0 Å². The van der Waals surface area contributed by atoms with E-state index in [0.717, 1.165) is 28.7 Å². The van der Waals surface area contributed by atoms with E-state index in [2.05, 4.69) is 29.2 Å². The van der Waals surface area contributed by atoms with Gasteiger partial charge in [0.15, 0.2) is 0 Å². The Morgan fingerprint density at radius 1 is 1.11 bits per heavy atom. The molecule has 1 aliphatic heterocycles. The van der Waals surface area contributed by atoms with E-state index < -0.39 is 0 Å². The van der Waals surface area contributed by atoms with Gasteiger partial charge in [0.2, 0.25) is 0 Å². The molecule has 0 saturated carbocycles. The quantitative estimate of drug-likeness (QED) is 0.752. The molecule has 0 spiro atoms. The Bertz CT molecular complexity index is 1010. The largest absolute Gasteiger partial charge is 0.379 e. The summed E-state index contributed by atoms with van der Waals surface area (Å²) in [6.45, 7) is 8.78. The normalized spacial score (nSPS) is 16.0. The number of carbonyl (C=O) groups is 1. The van der Waals surface area contributed by atoms with Crippen LogP contribution < -0.4 is 10.2 Å². The molecule has 2 heterocycles. The van der Waals surface area contributed by atoms with Crippen LogP contribution in [0.5, 0.6) is 0 Å². The minimum atomic E-state index is 0.0117. The second-order valence-electron chi connectivity index (χ2n) is 7.59. The summed E-state index contributed by atoms with van der Waals surface area (Å²) in [5.41, 5.74) is 3.50. The fraction of sp³-hybridized carbons (Fsp3) is 0.318. The lowest BCUT2D eigenvalue weighted by Crippen LogP contribution is -2.47. The fourth-order valence-electron chi connectivity index (χ4n) is 3.61. The van der Waals surface area contributed by atoms with Crippen LogP contribution in [0.15, 0.2) is 48.5 Å². The number of aryl methyl sites for hydroxylation is 2. The van der Waals surface area contributed by atoms with Crippen molar-refractivity contribution in [1.29, 1.82) is 0 Å². The van der Waals surface area contributed by atoms with Crippen LogP contribution >= 0.6 is 0 Å². The van der Waals surface area contributed by atoms with Crippen molar-refractivity contribution in [3.8, 4) is 5.69 Å². The fourth-order valence-corrected chi connectivity index (χ4v) is 3.61. The number of carbonyl (C=O) groups excluding carboxylic acids is 1. The van der Waals surface area contributed by atoms with Gasteiger partial charge in [-0.25, -0.2) is 9.67 Å². The highest BCUT2D eigenvalue weighted by Crippen LogP contribution is 2.33. The number of nitrogens with zero attached hydrogens (tertiary/aromatic N) is 4. The first kappa shape index (κ1) is 18.2. The summed E-state index contributed by atoms with van der Waals surface area (Å²) in [4.78, 5) is 19.5. The maximum absolute atomic E-state index is 13.3. The Kier molecular flexibility index (Phi) is 4.63. The van der Waals surface area contributed by atoms with Crippen molar-refractivity contribution in [2.24, 2.45) is 5.92 Å². The third-order valence-electron chi connectivity index (χ3n) is 5.20. The molecule has 0 fully saturated rings. The summed E-state index contributed by atoms with van der Waals surface area (Å²) < 4.78 is 1.79. The molecule has 1 aliphatic rings.